The van der Waals surface area contributed by atoms with Crippen LogP contribution in [0.25, 0.3) is 0 Å². The summed E-state index contributed by atoms with van der Waals surface area (Å²) in [6.45, 7) is 4.58. The molecule has 0 saturated heterocycles. The fraction of sp³-hybridized carbons (Fsp3) is 0.462. The molecule has 0 fully saturated rings. The number of rotatable bonds is 6. The van der Waals surface area contributed by atoms with Gasteiger partial charge in [0, 0.05) is 18.3 Å². The summed E-state index contributed by atoms with van der Waals surface area (Å²) in [5, 5.41) is 3.18. The Balaban J connectivity index is 2.55. The van der Waals surface area contributed by atoms with Gasteiger partial charge < -0.3 is 14.8 Å². The van der Waals surface area contributed by atoms with Crippen molar-refractivity contribution >= 4 is 27.6 Å². The minimum atomic E-state index is -0.186. The lowest BCUT2D eigenvalue weighted by Gasteiger charge is -2.13. The second-order valence-corrected chi connectivity index (χ2v) is 4.74. The number of esters is 1. The zero-order valence-corrected chi connectivity index (χ0v) is 12.4. The van der Waals surface area contributed by atoms with Crippen LogP contribution in [0.15, 0.2) is 22.7 Å². The molecule has 0 radical (unpaired) electrons. The van der Waals surface area contributed by atoms with E-state index < -0.39 is 0 Å². The highest BCUT2D eigenvalue weighted by atomic mass is 79.9. The van der Waals surface area contributed by atoms with Gasteiger partial charge in [-0.1, -0.05) is 6.92 Å². The average molecular weight is 316 g/mol. The van der Waals surface area contributed by atoms with Crippen LogP contribution in [-0.2, 0) is 9.53 Å². The molecule has 1 aromatic rings. The molecule has 18 heavy (non-hydrogen) atoms. The van der Waals surface area contributed by atoms with Crippen LogP contribution in [0.5, 0.6) is 5.75 Å². The van der Waals surface area contributed by atoms with E-state index in [-0.39, 0.29) is 11.9 Å². The van der Waals surface area contributed by atoms with Gasteiger partial charge in [0.2, 0.25) is 0 Å². The molecule has 100 valence electrons. The average Bonchev–Trinajstić information content (AvgIpc) is 2.37. The molecule has 0 aromatic heterocycles. The normalized spacial score (nSPS) is 11.8. The number of methoxy groups -OCH3 is 1. The van der Waals surface area contributed by atoms with E-state index in [0.29, 0.717) is 13.2 Å². The Morgan fingerprint density at radius 1 is 1.50 bits per heavy atom. The van der Waals surface area contributed by atoms with Gasteiger partial charge in [0.25, 0.3) is 0 Å². The molecule has 1 atom stereocenters. The lowest BCUT2D eigenvalue weighted by atomic mass is 10.2. The number of hydrogen-bond acceptors (Lipinski definition) is 4. The summed E-state index contributed by atoms with van der Waals surface area (Å²) in [6, 6.07) is 5.70. The van der Waals surface area contributed by atoms with E-state index >= 15 is 0 Å². The Bertz CT molecular complexity index is 409. The number of ether oxygens (including phenoxy) is 2. The zero-order chi connectivity index (χ0) is 13.5. The molecule has 1 unspecified atom stereocenters. The van der Waals surface area contributed by atoms with Crippen molar-refractivity contribution in [3.05, 3.63) is 22.7 Å². The molecule has 0 aliphatic carbocycles. The van der Waals surface area contributed by atoms with E-state index in [0.717, 1.165) is 15.9 Å². The Kier molecular flexibility index (Phi) is 5.98. The van der Waals surface area contributed by atoms with Crippen molar-refractivity contribution in [1.29, 1.82) is 0 Å². The fourth-order valence-electron chi connectivity index (χ4n) is 1.41. The van der Waals surface area contributed by atoms with Gasteiger partial charge in [0.05, 0.1) is 24.1 Å². The highest BCUT2D eigenvalue weighted by Crippen LogP contribution is 2.27. The van der Waals surface area contributed by atoms with Crippen molar-refractivity contribution in [3.8, 4) is 5.75 Å². The van der Waals surface area contributed by atoms with E-state index in [1.54, 1.807) is 14.0 Å². The first-order chi connectivity index (χ1) is 8.58. The summed E-state index contributed by atoms with van der Waals surface area (Å²) in [5.41, 5.74) is 0.909. The molecule has 1 N–H and O–H groups in total. The minimum absolute atomic E-state index is 0.181. The molecule has 0 amide bonds. The molecule has 1 rings (SSSR count). The first kappa shape index (κ1) is 14.8. The van der Waals surface area contributed by atoms with E-state index in [4.69, 9.17) is 9.47 Å². The van der Waals surface area contributed by atoms with Crippen LogP contribution in [0, 0.1) is 5.92 Å². The number of carbonyl (C=O) groups is 1. The standard InChI is InChI=1S/C13H18BrNO3/c1-4-18-13(16)9(2)8-15-10-5-6-11(14)12(7-10)17-3/h5-7,9,15H,4,8H2,1-3H3. The second kappa shape index (κ2) is 7.26. The van der Waals surface area contributed by atoms with Crippen LogP contribution in [-0.4, -0.2) is 26.2 Å². The third kappa shape index (κ3) is 4.22. The third-order valence-corrected chi connectivity index (χ3v) is 3.11. The first-order valence-corrected chi connectivity index (χ1v) is 6.61. The number of hydrogen-bond donors (Lipinski definition) is 1. The second-order valence-electron chi connectivity index (χ2n) is 3.88. The largest absolute Gasteiger partial charge is 0.495 e. The van der Waals surface area contributed by atoms with Crippen LogP contribution in [0.3, 0.4) is 0 Å². The summed E-state index contributed by atoms with van der Waals surface area (Å²) >= 11 is 3.39. The molecule has 0 bridgehead atoms. The van der Waals surface area contributed by atoms with E-state index in [1.165, 1.54) is 0 Å². The van der Waals surface area contributed by atoms with Crippen LogP contribution in [0.2, 0.25) is 0 Å². The van der Waals surface area contributed by atoms with Gasteiger partial charge in [0.1, 0.15) is 5.75 Å². The third-order valence-electron chi connectivity index (χ3n) is 2.45. The van der Waals surface area contributed by atoms with Gasteiger partial charge >= 0.3 is 5.97 Å². The van der Waals surface area contributed by atoms with Gasteiger partial charge in [-0.2, -0.15) is 0 Å². The zero-order valence-electron chi connectivity index (χ0n) is 10.8. The van der Waals surface area contributed by atoms with Gasteiger partial charge in [0.15, 0.2) is 0 Å². The lowest BCUT2D eigenvalue weighted by Crippen LogP contribution is -2.22. The van der Waals surface area contributed by atoms with Gasteiger partial charge in [-0.3, -0.25) is 4.79 Å². The van der Waals surface area contributed by atoms with E-state index in [1.807, 2.05) is 25.1 Å². The molecule has 0 aliphatic heterocycles. The summed E-state index contributed by atoms with van der Waals surface area (Å²) in [4.78, 5) is 11.4. The van der Waals surface area contributed by atoms with Crippen LogP contribution in [0.4, 0.5) is 5.69 Å². The monoisotopic (exact) mass is 315 g/mol. The van der Waals surface area contributed by atoms with Gasteiger partial charge in [-0.05, 0) is 35.0 Å². The maximum absolute atomic E-state index is 11.4. The van der Waals surface area contributed by atoms with Crippen molar-refractivity contribution < 1.29 is 14.3 Å². The molecule has 0 aliphatic rings. The van der Waals surface area contributed by atoms with Crippen molar-refractivity contribution in [2.45, 2.75) is 13.8 Å². The molecular formula is C13H18BrNO3. The summed E-state index contributed by atoms with van der Waals surface area (Å²) in [7, 11) is 1.62. The molecule has 0 saturated carbocycles. The Morgan fingerprint density at radius 3 is 2.83 bits per heavy atom. The number of nitrogens with one attached hydrogen (secondary N) is 1. The quantitative estimate of drug-likeness (QED) is 0.820. The minimum Gasteiger partial charge on any atom is -0.495 e. The van der Waals surface area contributed by atoms with Crippen LogP contribution in [0.1, 0.15) is 13.8 Å². The molecular weight excluding hydrogens is 298 g/mol. The van der Waals surface area contributed by atoms with E-state index in [2.05, 4.69) is 21.2 Å². The highest BCUT2D eigenvalue weighted by Gasteiger charge is 2.13. The maximum atomic E-state index is 11.4. The van der Waals surface area contributed by atoms with Gasteiger partial charge in [-0.25, -0.2) is 0 Å². The first-order valence-electron chi connectivity index (χ1n) is 5.82. The fourth-order valence-corrected chi connectivity index (χ4v) is 1.82. The molecule has 0 heterocycles. The summed E-state index contributed by atoms with van der Waals surface area (Å²) in [5.74, 6) is 0.387. The summed E-state index contributed by atoms with van der Waals surface area (Å²) < 4.78 is 11.0. The number of anilines is 1. The molecule has 1 aromatic carbocycles. The lowest BCUT2D eigenvalue weighted by molar-refractivity contribution is -0.146. The number of halogens is 1. The van der Waals surface area contributed by atoms with Crippen molar-refractivity contribution in [3.63, 3.8) is 0 Å². The SMILES string of the molecule is CCOC(=O)C(C)CNc1ccc(Br)c(OC)c1. The Hall–Kier alpha value is -1.23. The van der Waals surface area contributed by atoms with Crippen molar-refractivity contribution in [1.82, 2.24) is 0 Å². The smallest absolute Gasteiger partial charge is 0.310 e. The Labute approximate surface area is 116 Å². The summed E-state index contributed by atoms with van der Waals surface area (Å²) in [6.07, 6.45) is 0. The predicted octanol–water partition coefficient (Wildman–Crippen LogP) is 3.07. The highest BCUT2D eigenvalue weighted by molar-refractivity contribution is 9.10. The number of carbonyl (C=O) groups excluding carboxylic acids is 1. The van der Waals surface area contributed by atoms with Crippen LogP contribution >= 0.6 is 15.9 Å². The van der Waals surface area contributed by atoms with Crippen LogP contribution < -0.4 is 10.1 Å². The van der Waals surface area contributed by atoms with Crippen molar-refractivity contribution in [2.24, 2.45) is 5.92 Å². The van der Waals surface area contributed by atoms with Crippen molar-refractivity contribution in [2.75, 3.05) is 25.6 Å². The topological polar surface area (TPSA) is 47.6 Å². The maximum Gasteiger partial charge on any atom is 0.310 e. The molecule has 4 nitrogen and oxygen atoms in total. The van der Waals surface area contributed by atoms with E-state index in [9.17, 15) is 4.79 Å². The molecule has 5 heteroatoms. The molecule has 0 spiro atoms. The Morgan fingerprint density at radius 2 is 2.22 bits per heavy atom. The number of benzene rings is 1. The predicted molar refractivity (Wildman–Crippen MR) is 75.0 cm³/mol. The van der Waals surface area contributed by atoms with Gasteiger partial charge in [-0.15, -0.1) is 0 Å².